The van der Waals surface area contributed by atoms with Crippen LogP contribution in [0.2, 0.25) is 0 Å². The lowest BCUT2D eigenvalue weighted by Gasteiger charge is -2.43. The molecule has 0 spiro atoms. The van der Waals surface area contributed by atoms with Crippen molar-refractivity contribution in [2.24, 2.45) is 11.7 Å². The Morgan fingerprint density at radius 3 is 2.63 bits per heavy atom. The van der Waals surface area contributed by atoms with Crippen LogP contribution in [0.1, 0.15) is 55.3 Å². The first-order valence-electron chi connectivity index (χ1n) is 7.36. The zero-order valence-electron chi connectivity index (χ0n) is 12.7. The van der Waals surface area contributed by atoms with Gasteiger partial charge in [-0.3, -0.25) is 0 Å². The topological polar surface area (TPSA) is 35.2 Å². The molecule has 2 N–H and O–H groups in total. The highest BCUT2D eigenvalue weighted by Gasteiger charge is 2.41. The minimum atomic E-state index is -0.181. The number of nitrogens with two attached hydrogens (primary N) is 1. The van der Waals surface area contributed by atoms with Crippen molar-refractivity contribution < 1.29 is 4.74 Å². The third-order valence-electron chi connectivity index (χ3n) is 4.85. The van der Waals surface area contributed by atoms with Gasteiger partial charge in [-0.25, -0.2) is 0 Å². The fraction of sp³-hybridized carbons (Fsp3) is 0.647. The first kappa shape index (κ1) is 14.5. The molecule has 0 saturated heterocycles. The Morgan fingerprint density at radius 2 is 2.05 bits per heavy atom. The van der Waals surface area contributed by atoms with Gasteiger partial charge >= 0.3 is 0 Å². The normalized spacial score (nSPS) is 29.2. The zero-order valence-corrected chi connectivity index (χ0v) is 12.7. The van der Waals surface area contributed by atoms with Crippen molar-refractivity contribution in [2.75, 3.05) is 7.11 Å². The van der Waals surface area contributed by atoms with Crippen LogP contribution in [-0.2, 0) is 4.74 Å². The molecule has 106 valence electrons. The van der Waals surface area contributed by atoms with Crippen LogP contribution in [0.25, 0.3) is 0 Å². The third-order valence-corrected chi connectivity index (χ3v) is 4.85. The van der Waals surface area contributed by atoms with Gasteiger partial charge in [-0.05, 0) is 49.3 Å². The van der Waals surface area contributed by atoms with Gasteiger partial charge in [0.25, 0.3) is 0 Å². The molecule has 0 heterocycles. The summed E-state index contributed by atoms with van der Waals surface area (Å²) < 4.78 is 5.91. The molecule has 2 rings (SSSR count). The highest BCUT2D eigenvalue weighted by atomic mass is 16.5. The highest BCUT2D eigenvalue weighted by Crippen LogP contribution is 2.42. The van der Waals surface area contributed by atoms with Crippen molar-refractivity contribution in [3.8, 4) is 0 Å². The van der Waals surface area contributed by atoms with E-state index in [2.05, 4.69) is 39.0 Å². The third kappa shape index (κ3) is 2.85. The van der Waals surface area contributed by atoms with Gasteiger partial charge in [0.1, 0.15) is 0 Å². The Balaban J connectivity index is 2.29. The van der Waals surface area contributed by atoms with E-state index in [-0.39, 0.29) is 11.6 Å². The molecule has 0 bridgehead atoms. The fourth-order valence-electron chi connectivity index (χ4n) is 3.40. The summed E-state index contributed by atoms with van der Waals surface area (Å²) in [6, 6.07) is 6.52. The van der Waals surface area contributed by atoms with Crippen LogP contribution in [0.15, 0.2) is 18.2 Å². The van der Waals surface area contributed by atoms with Gasteiger partial charge in [-0.2, -0.15) is 0 Å². The monoisotopic (exact) mass is 261 g/mol. The van der Waals surface area contributed by atoms with Crippen molar-refractivity contribution in [3.05, 3.63) is 34.9 Å². The Bertz CT molecular complexity index is 443. The molecule has 2 nitrogen and oxygen atoms in total. The largest absolute Gasteiger partial charge is 0.376 e. The molecule has 0 amide bonds. The van der Waals surface area contributed by atoms with Crippen LogP contribution in [0.5, 0.6) is 0 Å². The SMILES string of the molecule is COC1(C(N)c2ccc(C)c(C)c2)CCCC(C)C1. The van der Waals surface area contributed by atoms with Gasteiger partial charge in [0.05, 0.1) is 11.6 Å². The molecule has 1 aromatic rings. The second kappa shape index (κ2) is 5.64. The number of aryl methyl sites for hydroxylation is 2. The smallest absolute Gasteiger partial charge is 0.0872 e. The molecule has 3 unspecified atom stereocenters. The lowest BCUT2D eigenvalue weighted by molar-refractivity contribution is -0.0718. The van der Waals surface area contributed by atoms with E-state index >= 15 is 0 Å². The van der Waals surface area contributed by atoms with Gasteiger partial charge in [-0.15, -0.1) is 0 Å². The van der Waals surface area contributed by atoms with Crippen LogP contribution < -0.4 is 5.73 Å². The molecule has 2 heteroatoms. The van der Waals surface area contributed by atoms with Crippen molar-refractivity contribution in [2.45, 2.75) is 58.1 Å². The van der Waals surface area contributed by atoms with Crippen LogP contribution in [-0.4, -0.2) is 12.7 Å². The first-order valence-corrected chi connectivity index (χ1v) is 7.36. The van der Waals surface area contributed by atoms with E-state index < -0.39 is 0 Å². The highest BCUT2D eigenvalue weighted by molar-refractivity contribution is 5.33. The predicted octanol–water partition coefficient (Wildman–Crippen LogP) is 3.90. The maximum absolute atomic E-state index is 6.57. The quantitative estimate of drug-likeness (QED) is 0.895. The molecular formula is C17H27NO. The number of benzene rings is 1. The Labute approximate surface area is 117 Å². The summed E-state index contributed by atoms with van der Waals surface area (Å²) in [5.74, 6) is 0.700. The average Bonchev–Trinajstić information content (AvgIpc) is 2.41. The molecule has 1 saturated carbocycles. The predicted molar refractivity (Wildman–Crippen MR) is 80.2 cm³/mol. The van der Waals surface area contributed by atoms with E-state index in [4.69, 9.17) is 10.5 Å². The van der Waals surface area contributed by atoms with Crippen molar-refractivity contribution in [3.63, 3.8) is 0 Å². The maximum atomic E-state index is 6.57. The molecule has 0 radical (unpaired) electrons. The van der Waals surface area contributed by atoms with Crippen molar-refractivity contribution in [1.29, 1.82) is 0 Å². The van der Waals surface area contributed by atoms with Crippen LogP contribution in [0.4, 0.5) is 0 Å². The van der Waals surface area contributed by atoms with Gasteiger partial charge in [0.15, 0.2) is 0 Å². The lowest BCUT2D eigenvalue weighted by atomic mass is 9.73. The van der Waals surface area contributed by atoms with E-state index in [1.54, 1.807) is 0 Å². The number of ether oxygens (including phenoxy) is 1. The van der Waals surface area contributed by atoms with Crippen molar-refractivity contribution >= 4 is 0 Å². The molecule has 0 aromatic heterocycles. The summed E-state index contributed by atoms with van der Waals surface area (Å²) in [6.07, 6.45) is 4.65. The molecule has 3 atom stereocenters. The summed E-state index contributed by atoms with van der Waals surface area (Å²) in [7, 11) is 1.82. The first-order chi connectivity index (χ1) is 8.98. The van der Waals surface area contributed by atoms with E-state index in [9.17, 15) is 0 Å². The Hall–Kier alpha value is -0.860. The molecule has 1 aliphatic carbocycles. The summed E-state index contributed by atoms with van der Waals surface area (Å²) in [5, 5.41) is 0. The number of rotatable bonds is 3. The molecule has 1 aromatic carbocycles. The Morgan fingerprint density at radius 1 is 1.32 bits per heavy atom. The Kier molecular flexibility index (Phi) is 4.32. The van der Waals surface area contributed by atoms with Gasteiger partial charge < -0.3 is 10.5 Å². The molecule has 19 heavy (non-hydrogen) atoms. The van der Waals surface area contributed by atoms with E-state index in [1.807, 2.05) is 7.11 Å². The minimum absolute atomic E-state index is 0.0282. The maximum Gasteiger partial charge on any atom is 0.0872 e. The second-order valence-electron chi connectivity index (χ2n) is 6.29. The summed E-state index contributed by atoms with van der Waals surface area (Å²) in [4.78, 5) is 0. The number of methoxy groups -OCH3 is 1. The van der Waals surface area contributed by atoms with Gasteiger partial charge in [-0.1, -0.05) is 38.0 Å². The lowest BCUT2D eigenvalue weighted by Crippen LogP contribution is -2.46. The summed E-state index contributed by atoms with van der Waals surface area (Å²) in [5.41, 5.74) is 10.2. The molecule has 1 fully saturated rings. The zero-order chi connectivity index (χ0) is 14.0. The van der Waals surface area contributed by atoms with E-state index in [0.717, 1.165) is 12.8 Å². The molecule has 0 aliphatic heterocycles. The van der Waals surface area contributed by atoms with Gasteiger partial charge in [0.2, 0.25) is 0 Å². The second-order valence-corrected chi connectivity index (χ2v) is 6.29. The molecule has 1 aliphatic rings. The standard InChI is InChI=1S/C17H27NO/c1-12-6-5-9-17(11-12,19-4)16(18)15-8-7-13(2)14(3)10-15/h7-8,10,12,16H,5-6,9,11,18H2,1-4H3. The number of hydrogen-bond acceptors (Lipinski definition) is 2. The minimum Gasteiger partial charge on any atom is -0.376 e. The van der Waals surface area contributed by atoms with Crippen LogP contribution in [0, 0.1) is 19.8 Å². The average molecular weight is 261 g/mol. The van der Waals surface area contributed by atoms with E-state index in [1.165, 1.54) is 29.5 Å². The van der Waals surface area contributed by atoms with Crippen LogP contribution >= 0.6 is 0 Å². The number of hydrogen-bond donors (Lipinski definition) is 1. The van der Waals surface area contributed by atoms with Gasteiger partial charge in [0, 0.05) is 7.11 Å². The summed E-state index contributed by atoms with van der Waals surface area (Å²) in [6.45, 7) is 6.59. The fourth-order valence-corrected chi connectivity index (χ4v) is 3.40. The van der Waals surface area contributed by atoms with Crippen LogP contribution in [0.3, 0.4) is 0 Å². The van der Waals surface area contributed by atoms with Crippen molar-refractivity contribution in [1.82, 2.24) is 0 Å². The van der Waals surface area contributed by atoms with E-state index in [0.29, 0.717) is 5.92 Å². The summed E-state index contributed by atoms with van der Waals surface area (Å²) >= 11 is 0. The molecular weight excluding hydrogens is 234 g/mol.